The fourth-order valence-electron chi connectivity index (χ4n) is 2.10. The van der Waals surface area contributed by atoms with Crippen molar-refractivity contribution >= 4 is 33.4 Å². The lowest BCUT2D eigenvalue weighted by molar-refractivity contribution is -0.115. The predicted octanol–water partition coefficient (Wildman–Crippen LogP) is 3.36. The molecule has 0 saturated carbocycles. The molecule has 0 aliphatic carbocycles. The number of nitrogens with zero attached hydrogens (tertiary/aromatic N) is 1. The summed E-state index contributed by atoms with van der Waals surface area (Å²) in [7, 11) is -0.588. The van der Waals surface area contributed by atoms with Gasteiger partial charge in [-0.2, -0.15) is 0 Å². The quantitative estimate of drug-likeness (QED) is 0.783. The number of thioether (sulfide) groups is 1. The molecule has 2 aromatic rings. The van der Waals surface area contributed by atoms with Gasteiger partial charge in [0.2, 0.25) is 15.9 Å². The van der Waals surface area contributed by atoms with Crippen LogP contribution in [0.5, 0.6) is 0 Å². The Hall–Kier alpha value is -1.83. The summed E-state index contributed by atoms with van der Waals surface area (Å²) in [5.41, 5.74) is 1.32. The highest BCUT2D eigenvalue weighted by atomic mass is 32.2. The van der Waals surface area contributed by atoms with Crippen molar-refractivity contribution in [3.05, 3.63) is 54.1 Å². The number of hydrogen-bond donors (Lipinski definition) is 1. The number of benzene rings is 2. The number of amides is 1. The van der Waals surface area contributed by atoms with Gasteiger partial charge in [0.15, 0.2) is 0 Å². The van der Waals surface area contributed by atoms with Gasteiger partial charge in [-0.25, -0.2) is 12.7 Å². The maximum absolute atomic E-state index is 12.5. The number of rotatable bonds is 6. The summed E-state index contributed by atoms with van der Waals surface area (Å²) in [4.78, 5) is 13.6. The minimum atomic E-state index is -3.54. The van der Waals surface area contributed by atoms with Crippen LogP contribution in [0.2, 0.25) is 0 Å². The van der Waals surface area contributed by atoms with Gasteiger partial charge >= 0.3 is 0 Å². The van der Waals surface area contributed by atoms with Crippen LogP contribution in [-0.4, -0.2) is 38.0 Å². The first-order chi connectivity index (χ1) is 11.7. The summed E-state index contributed by atoms with van der Waals surface area (Å²) in [5.74, 6) is -0.170. The molecule has 7 heteroatoms. The number of anilines is 1. The van der Waals surface area contributed by atoms with Crippen LogP contribution in [0.3, 0.4) is 0 Å². The highest BCUT2D eigenvalue weighted by Crippen LogP contribution is 2.26. The van der Waals surface area contributed by atoms with Crippen molar-refractivity contribution in [1.82, 2.24) is 4.31 Å². The van der Waals surface area contributed by atoms with Crippen LogP contribution in [0.4, 0.5) is 5.69 Å². The van der Waals surface area contributed by atoms with Crippen LogP contribution < -0.4 is 5.32 Å². The Kier molecular flexibility index (Phi) is 6.26. The molecule has 1 N–H and O–H groups in total. The van der Waals surface area contributed by atoms with Gasteiger partial charge in [0, 0.05) is 24.7 Å². The average Bonchev–Trinajstić information content (AvgIpc) is 2.57. The number of carbonyl (C=O) groups excluding carboxylic acids is 1. The molecule has 5 nitrogen and oxygen atoms in total. The molecule has 0 aliphatic heterocycles. The van der Waals surface area contributed by atoms with E-state index in [4.69, 9.17) is 0 Å². The molecular weight excluding hydrogens is 356 g/mol. The lowest BCUT2D eigenvalue weighted by atomic mass is 10.2. The fraction of sp³-hybridized carbons (Fsp3) is 0.278. The Morgan fingerprint density at radius 3 is 2.36 bits per heavy atom. The van der Waals surface area contributed by atoms with Gasteiger partial charge in [0.25, 0.3) is 0 Å². The second-order valence-electron chi connectivity index (χ2n) is 5.83. The zero-order valence-corrected chi connectivity index (χ0v) is 16.3. The van der Waals surface area contributed by atoms with Crippen LogP contribution in [0.1, 0.15) is 12.5 Å². The Morgan fingerprint density at radius 2 is 1.76 bits per heavy atom. The molecule has 1 atom stereocenters. The second-order valence-corrected chi connectivity index (χ2v) is 9.39. The van der Waals surface area contributed by atoms with Crippen LogP contribution in [0, 0.1) is 6.92 Å². The van der Waals surface area contributed by atoms with E-state index in [1.54, 1.807) is 12.1 Å². The van der Waals surface area contributed by atoms with E-state index in [2.05, 4.69) is 5.32 Å². The molecule has 0 unspecified atom stereocenters. The van der Waals surface area contributed by atoms with Crippen molar-refractivity contribution in [3.63, 3.8) is 0 Å². The fourth-order valence-corrected chi connectivity index (χ4v) is 3.92. The molecule has 2 rings (SSSR count). The molecule has 0 heterocycles. The molecule has 0 radical (unpaired) electrons. The van der Waals surface area contributed by atoms with E-state index in [1.165, 1.54) is 31.9 Å². The van der Waals surface area contributed by atoms with Crippen LogP contribution in [0.15, 0.2) is 58.3 Å². The van der Waals surface area contributed by atoms with Crippen molar-refractivity contribution in [2.75, 3.05) is 19.4 Å². The lowest BCUT2D eigenvalue weighted by Crippen LogP contribution is -2.24. The maximum Gasteiger partial charge on any atom is 0.242 e. The Bertz CT molecular complexity index is 850. The summed E-state index contributed by atoms with van der Waals surface area (Å²) in [6, 6.07) is 14.4. The number of carbonyl (C=O) groups is 1. The number of sulfonamides is 1. The van der Waals surface area contributed by atoms with Gasteiger partial charge in [-0.1, -0.05) is 24.3 Å². The van der Waals surface area contributed by atoms with Gasteiger partial charge < -0.3 is 5.32 Å². The maximum atomic E-state index is 12.5. The highest BCUT2D eigenvalue weighted by Gasteiger charge is 2.20. The van der Waals surface area contributed by atoms with Crippen molar-refractivity contribution in [3.8, 4) is 0 Å². The molecule has 0 fully saturated rings. The summed E-state index contributed by atoms with van der Waals surface area (Å²) < 4.78 is 25.7. The topological polar surface area (TPSA) is 66.5 Å². The molecule has 0 spiro atoms. The van der Waals surface area contributed by atoms with Gasteiger partial charge in [-0.15, -0.1) is 11.8 Å². The third-order valence-corrected chi connectivity index (χ3v) is 6.59. The van der Waals surface area contributed by atoms with Gasteiger partial charge in [0.1, 0.15) is 0 Å². The first kappa shape index (κ1) is 19.5. The number of hydrogen-bond acceptors (Lipinski definition) is 4. The molecule has 0 aliphatic rings. The van der Waals surface area contributed by atoms with Crippen LogP contribution in [0.25, 0.3) is 0 Å². The van der Waals surface area contributed by atoms with Crippen LogP contribution >= 0.6 is 11.8 Å². The Labute approximate surface area is 153 Å². The normalized spacial score (nSPS) is 12.8. The van der Waals surface area contributed by atoms with Gasteiger partial charge in [-0.05, 0) is 43.7 Å². The van der Waals surface area contributed by atoms with Crippen molar-refractivity contribution in [2.24, 2.45) is 0 Å². The minimum absolute atomic E-state index is 0.154. The molecule has 0 saturated heterocycles. The van der Waals surface area contributed by atoms with E-state index in [0.29, 0.717) is 5.69 Å². The summed E-state index contributed by atoms with van der Waals surface area (Å²) >= 11 is 1.45. The molecule has 1 amide bonds. The minimum Gasteiger partial charge on any atom is -0.325 e. The summed E-state index contributed by atoms with van der Waals surface area (Å²) in [6.45, 7) is 3.65. The van der Waals surface area contributed by atoms with E-state index in [0.717, 1.165) is 14.8 Å². The Morgan fingerprint density at radius 1 is 1.12 bits per heavy atom. The monoisotopic (exact) mass is 378 g/mol. The van der Waals surface area contributed by atoms with Gasteiger partial charge in [-0.3, -0.25) is 4.79 Å². The molecular formula is C18H22N2O3S2. The Balaban J connectivity index is 2.17. The largest absolute Gasteiger partial charge is 0.325 e. The van der Waals surface area contributed by atoms with Crippen LogP contribution in [-0.2, 0) is 14.8 Å². The zero-order valence-electron chi connectivity index (χ0n) is 14.7. The van der Waals surface area contributed by atoms with Crippen molar-refractivity contribution in [1.29, 1.82) is 0 Å². The zero-order chi connectivity index (χ0) is 18.6. The van der Waals surface area contributed by atoms with Crippen molar-refractivity contribution in [2.45, 2.75) is 28.9 Å². The molecule has 0 bridgehead atoms. The smallest absolute Gasteiger partial charge is 0.242 e. The van der Waals surface area contributed by atoms with E-state index < -0.39 is 10.0 Å². The third kappa shape index (κ3) is 4.84. The third-order valence-electron chi connectivity index (χ3n) is 3.67. The standard InChI is InChI=1S/C18H22N2O3S2/c1-13-10-11-16(25(22,23)20(3)4)12-17(13)19-18(21)14(2)24-15-8-6-5-7-9-15/h5-12,14H,1-4H3,(H,19,21)/t14-/m0/s1. The van der Waals surface area contributed by atoms with E-state index in [9.17, 15) is 13.2 Å². The van der Waals surface area contributed by atoms with E-state index in [1.807, 2.05) is 44.2 Å². The van der Waals surface area contributed by atoms with Crippen molar-refractivity contribution < 1.29 is 13.2 Å². The number of aryl methyl sites for hydroxylation is 1. The molecule has 25 heavy (non-hydrogen) atoms. The highest BCUT2D eigenvalue weighted by molar-refractivity contribution is 8.00. The summed E-state index contributed by atoms with van der Waals surface area (Å²) in [6.07, 6.45) is 0. The summed E-state index contributed by atoms with van der Waals surface area (Å²) in [5, 5.41) is 2.53. The van der Waals surface area contributed by atoms with E-state index >= 15 is 0 Å². The first-order valence-corrected chi connectivity index (χ1v) is 10.1. The predicted molar refractivity (Wildman–Crippen MR) is 102 cm³/mol. The lowest BCUT2D eigenvalue weighted by Gasteiger charge is -2.16. The average molecular weight is 379 g/mol. The number of nitrogens with one attached hydrogen (secondary N) is 1. The molecule has 0 aromatic heterocycles. The molecule has 134 valence electrons. The molecule has 2 aromatic carbocycles. The van der Waals surface area contributed by atoms with E-state index in [-0.39, 0.29) is 16.1 Å². The SMILES string of the molecule is Cc1ccc(S(=O)(=O)N(C)C)cc1NC(=O)[C@H](C)Sc1ccccc1. The van der Waals surface area contributed by atoms with Gasteiger partial charge in [0.05, 0.1) is 10.1 Å². The first-order valence-electron chi connectivity index (χ1n) is 7.77. The second kappa shape index (κ2) is 8.03.